The standard InChI is InChI=1S/C16H18FN/c1-11-6-4-5-7-14(11)15-10-13(12(2)18-3)8-9-16(15)17/h4-10,12,18H,1-3H3. The van der Waals surface area contributed by atoms with Gasteiger partial charge in [0.25, 0.3) is 0 Å². The summed E-state index contributed by atoms with van der Waals surface area (Å²) in [6.45, 7) is 4.07. The average Bonchev–Trinajstić information content (AvgIpc) is 2.39. The topological polar surface area (TPSA) is 12.0 Å². The van der Waals surface area contributed by atoms with Gasteiger partial charge in [0.15, 0.2) is 0 Å². The van der Waals surface area contributed by atoms with Gasteiger partial charge in [0.2, 0.25) is 0 Å². The van der Waals surface area contributed by atoms with Crippen LogP contribution in [0.2, 0.25) is 0 Å². The van der Waals surface area contributed by atoms with Gasteiger partial charge in [-0.25, -0.2) is 4.39 Å². The Morgan fingerprint density at radius 2 is 1.78 bits per heavy atom. The first kappa shape index (κ1) is 12.8. The third-order valence-electron chi connectivity index (χ3n) is 3.36. The van der Waals surface area contributed by atoms with E-state index < -0.39 is 0 Å². The van der Waals surface area contributed by atoms with Gasteiger partial charge in [0.05, 0.1) is 0 Å². The van der Waals surface area contributed by atoms with Crippen LogP contribution in [0.4, 0.5) is 4.39 Å². The summed E-state index contributed by atoms with van der Waals surface area (Å²) in [5.74, 6) is -0.170. The molecule has 0 aliphatic rings. The predicted octanol–water partition coefficient (Wildman–Crippen LogP) is 4.08. The molecule has 1 atom stereocenters. The van der Waals surface area contributed by atoms with Crippen molar-refractivity contribution >= 4 is 0 Å². The number of aryl methyl sites for hydroxylation is 1. The molecule has 0 fully saturated rings. The largest absolute Gasteiger partial charge is 0.313 e. The predicted molar refractivity (Wildman–Crippen MR) is 74.0 cm³/mol. The smallest absolute Gasteiger partial charge is 0.131 e. The Kier molecular flexibility index (Phi) is 3.78. The summed E-state index contributed by atoms with van der Waals surface area (Å²) in [4.78, 5) is 0. The first-order valence-corrected chi connectivity index (χ1v) is 6.16. The molecular formula is C16H18FN. The lowest BCUT2D eigenvalue weighted by Crippen LogP contribution is -2.12. The first-order valence-electron chi connectivity index (χ1n) is 6.16. The normalized spacial score (nSPS) is 12.4. The zero-order valence-electron chi connectivity index (χ0n) is 11.0. The molecule has 0 radical (unpaired) electrons. The zero-order chi connectivity index (χ0) is 13.1. The first-order chi connectivity index (χ1) is 8.63. The third kappa shape index (κ3) is 2.44. The lowest BCUT2D eigenvalue weighted by atomic mass is 9.96. The van der Waals surface area contributed by atoms with Gasteiger partial charge in [-0.15, -0.1) is 0 Å². The van der Waals surface area contributed by atoms with Crippen LogP contribution in [-0.2, 0) is 0 Å². The molecule has 0 amide bonds. The molecule has 94 valence electrons. The van der Waals surface area contributed by atoms with E-state index in [4.69, 9.17) is 0 Å². The minimum Gasteiger partial charge on any atom is -0.313 e. The minimum atomic E-state index is -0.170. The van der Waals surface area contributed by atoms with Crippen molar-refractivity contribution in [1.82, 2.24) is 5.32 Å². The van der Waals surface area contributed by atoms with Crippen molar-refractivity contribution in [2.24, 2.45) is 0 Å². The van der Waals surface area contributed by atoms with Crippen LogP contribution < -0.4 is 5.32 Å². The molecule has 0 heterocycles. The molecule has 1 N–H and O–H groups in total. The molecule has 0 bridgehead atoms. The van der Waals surface area contributed by atoms with Crippen molar-refractivity contribution in [3.05, 3.63) is 59.4 Å². The fourth-order valence-electron chi connectivity index (χ4n) is 2.06. The zero-order valence-corrected chi connectivity index (χ0v) is 11.0. The Morgan fingerprint density at radius 3 is 2.44 bits per heavy atom. The molecule has 18 heavy (non-hydrogen) atoms. The van der Waals surface area contributed by atoms with Crippen molar-refractivity contribution in [3.8, 4) is 11.1 Å². The summed E-state index contributed by atoms with van der Waals surface area (Å²) in [6, 6.07) is 13.4. The van der Waals surface area contributed by atoms with Crippen LogP contribution in [0.1, 0.15) is 24.1 Å². The average molecular weight is 243 g/mol. The van der Waals surface area contributed by atoms with E-state index in [9.17, 15) is 4.39 Å². The Labute approximate surface area is 108 Å². The highest BCUT2D eigenvalue weighted by molar-refractivity contribution is 5.68. The summed E-state index contributed by atoms with van der Waals surface area (Å²) >= 11 is 0. The summed E-state index contributed by atoms with van der Waals surface area (Å²) < 4.78 is 14.0. The van der Waals surface area contributed by atoms with Gasteiger partial charge < -0.3 is 5.32 Å². The third-order valence-corrected chi connectivity index (χ3v) is 3.36. The summed E-state index contributed by atoms with van der Waals surface area (Å²) in [5.41, 5.74) is 3.82. The van der Waals surface area contributed by atoms with Crippen LogP contribution in [0, 0.1) is 12.7 Å². The number of halogens is 1. The molecule has 0 spiro atoms. The molecule has 0 aromatic heterocycles. The van der Waals surface area contributed by atoms with Gasteiger partial charge in [-0.2, -0.15) is 0 Å². The quantitative estimate of drug-likeness (QED) is 0.856. The Hall–Kier alpha value is -1.67. The number of rotatable bonds is 3. The lowest BCUT2D eigenvalue weighted by molar-refractivity contribution is 0.622. The van der Waals surface area contributed by atoms with E-state index in [-0.39, 0.29) is 11.9 Å². The maximum absolute atomic E-state index is 14.0. The molecule has 0 saturated carbocycles. The molecule has 2 aromatic rings. The molecule has 2 rings (SSSR count). The van der Waals surface area contributed by atoms with E-state index in [0.29, 0.717) is 5.56 Å². The highest BCUT2D eigenvalue weighted by atomic mass is 19.1. The molecule has 0 saturated heterocycles. The van der Waals surface area contributed by atoms with Crippen molar-refractivity contribution < 1.29 is 4.39 Å². The van der Waals surface area contributed by atoms with E-state index in [1.54, 1.807) is 6.07 Å². The Bertz CT molecular complexity index is 549. The molecule has 2 heteroatoms. The number of benzene rings is 2. The second-order valence-electron chi connectivity index (χ2n) is 4.56. The monoisotopic (exact) mass is 243 g/mol. The van der Waals surface area contributed by atoms with E-state index in [1.165, 1.54) is 0 Å². The lowest BCUT2D eigenvalue weighted by Gasteiger charge is -2.14. The minimum absolute atomic E-state index is 0.170. The van der Waals surface area contributed by atoms with Gasteiger partial charge in [-0.05, 0) is 49.7 Å². The summed E-state index contributed by atoms with van der Waals surface area (Å²) in [6.07, 6.45) is 0. The highest BCUT2D eigenvalue weighted by Gasteiger charge is 2.10. The Balaban J connectivity index is 2.54. The second-order valence-corrected chi connectivity index (χ2v) is 4.56. The van der Waals surface area contributed by atoms with Crippen molar-refractivity contribution in [1.29, 1.82) is 0 Å². The second kappa shape index (κ2) is 5.32. The van der Waals surface area contributed by atoms with Crippen molar-refractivity contribution in [2.45, 2.75) is 19.9 Å². The maximum Gasteiger partial charge on any atom is 0.131 e. The maximum atomic E-state index is 14.0. The SMILES string of the molecule is CNC(C)c1ccc(F)c(-c2ccccc2C)c1. The molecule has 0 aliphatic carbocycles. The van der Waals surface area contributed by atoms with Crippen LogP contribution in [0.15, 0.2) is 42.5 Å². The summed E-state index contributed by atoms with van der Waals surface area (Å²) in [5, 5.41) is 3.17. The van der Waals surface area contributed by atoms with Crippen molar-refractivity contribution in [3.63, 3.8) is 0 Å². The number of nitrogens with one attached hydrogen (secondary N) is 1. The summed E-state index contributed by atoms with van der Waals surface area (Å²) in [7, 11) is 1.90. The number of hydrogen-bond donors (Lipinski definition) is 1. The van der Waals surface area contributed by atoms with Gasteiger partial charge in [-0.3, -0.25) is 0 Å². The highest BCUT2D eigenvalue weighted by Crippen LogP contribution is 2.28. The van der Waals surface area contributed by atoms with Gasteiger partial charge in [0.1, 0.15) is 5.82 Å². The van der Waals surface area contributed by atoms with Crippen molar-refractivity contribution in [2.75, 3.05) is 7.05 Å². The Morgan fingerprint density at radius 1 is 1.06 bits per heavy atom. The van der Waals surface area contributed by atoms with Gasteiger partial charge >= 0.3 is 0 Å². The molecule has 2 aromatic carbocycles. The fraction of sp³-hybridized carbons (Fsp3) is 0.250. The van der Waals surface area contributed by atoms with E-state index in [2.05, 4.69) is 12.2 Å². The van der Waals surface area contributed by atoms with Crippen LogP contribution in [-0.4, -0.2) is 7.05 Å². The molecule has 0 aliphatic heterocycles. The van der Waals surface area contributed by atoms with E-state index >= 15 is 0 Å². The van der Waals surface area contributed by atoms with E-state index in [1.807, 2.05) is 50.4 Å². The molecule has 1 nitrogen and oxygen atoms in total. The number of hydrogen-bond acceptors (Lipinski definition) is 1. The van der Waals surface area contributed by atoms with Crippen LogP contribution in [0.5, 0.6) is 0 Å². The molecule has 1 unspecified atom stereocenters. The van der Waals surface area contributed by atoms with Gasteiger partial charge in [-0.1, -0.05) is 30.3 Å². The fourth-order valence-corrected chi connectivity index (χ4v) is 2.06. The van der Waals surface area contributed by atoms with Crippen LogP contribution in [0.25, 0.3) is 11.1 Å². The molecular weight excluding hydrogens is 225 g/mol. The van der Waals surface area contributed by atoms with Crippen LogP contribution >= 0.6 is 0 Å². The van der Waals surface area contributed by atoms with E-state index in [0.717, 1.165) is 16.7 Å². The van der Waals surface area contributed by atoms with Gasteiger partial charge in [0, 0.05) is 11.6 Å². The van der Waals surface area contributed by atoms with Crippen LogP contribution in [0.3, 0.4) is 0 Å².